The molecule has 1 unspecified atom stereocenters. The van der Waals surface area contributed by atoms with Crippen molar-refractivity contribution in [3.8, 4) is 0 Å². The largest absolute Gasteiger partial charge is 0.463 e. The molecule has 1 saturated heterocycles. The second-order valence-corrected chi connectivity index (χ2v) is 9.20. The summed E-state index contributed by atoms with van der Waals surface area (Å²) in [5.41, 5.74) is 2.02. The minimum atomic E-state index is -0.559. The summed E-state index contributed by atoms with van der Waals surface area (Å²) in [5.74, 6) is 0.0775. The monoisotopic (exact) mass is 468 g/mol. The van der Waals surface area contributed by atoms with Crippen LogP contribution in [-0.4, -0.2) is 78.5 Å². The third-order valence-corrected chi connectivity index (χ3v) is 7.14. The topological polar surface area (TPSA) is 82.2 Å². The van der Waals surface area contributed by atoms with Gasteiger partial charge < -0.3 is 15.0 Å². The number of ether oxygens (including phenoxy) is 1. The van der Waals surface area contributed by atoms with Gasteiger partial charge in [0.25, 0.3) is 0 Å². The number of hydrogen-bond acceptors (Lipinski definition) is 5. The molecule has 184 valence electrons. The maximum atomic E-state index is 13.2. The zero-order valence-electron chi connectivity index (χ0n) is 20.3. The summed E-state index contributed by atoms with van der Waals surface area (Å²) in [5, 5.41) is 3.00. The molecule has 1 saturated carbocycles. The van der Waals surface area contributed by atoms with Gasteiger partial charge in [0.2, 0.25) is 5.91 Å². The number of carbonyl (C=O) groups is 3. The predicted octanol–water partition coefficient (Wildman–Crippen LogP) is 2.92. The van der Waals surface area contributed by atoms with Crippen LogP contribution in [-0.2, 0) is 14.3 Å². The summed E-state index contributed by atoms with van der Waals surface area (Å²) in [6.45, 7) is 7.66. The number of piperazine rings is 1. The van der Waals surface area contributed by atoms with E-state index in [4.69, 9.17) is 4.74 Å². The van der Waals surface area contributed by atoms with E-state index in [9.17, 15) is 14.4 Å². The number of esters is 1. The molecule has 2 heterocycles. The first-order valence-electron chi connectivity index (χ1n) is 12.6. The van der Waals surface area contributed by atoms with Crippen molar-refractivity contribution in [2.24, 2.45) is 5.92 Å². The third-order valence-electron chi connectivity index (χ3n) is 7.14. The molecule has 3 amide bonds. The molecule has 0 bridgehead atoms. The van der Waals surface area contributed by atoms with Crippen molar-refractivity contribution in [3.05, 3.63) is 47.2 Å². The van der Waals surface area contributed by atoms with Gasteiger partial charge in [-0.3, -0.25) is 14.6 Å². The Morgan fingerprint density at radius 3 is 2.32 bits per heavy atom. The lowest BCUT2D eigenvalue weighted by Crippen LogP contribution is -2.54. The lowest BCUT2D eigenvalue weighted by atomic mass is 9.94. The van der Waals surface area contributed by atoms with Gasteiger partial charge in [-0.25, -0.2) is 9.59 Å². The van der Waals surface area contributed by atoms with Gasteiger partial charge in [0.1, 0.15) is 0 Å². The summed E-state index contributed by atoms with van der Waals surface area (Å²) in [7, 11) is 0. The minimum absolute atomic E-state index is 0.189. The van der Waals surface area contributed by atoms with Crippen LogP contribution in [0.5, 0.6) is 0 Å². The zero-order valence-corrected chi connectivity index (χ0v) is 20.3. The number of urea groups is 1. The number of amides is 3. The lowest BCUT2D eigenvalue weighted by Gasteiger charge is -2.40. The van der Waals surface area contributed by atoms with Gasteiger partial charge in [-0.1, -0.05) is 43.2 Å². The van der Waals surface area contributed by atoms with Gasteiger partial charge in [0.05, 0.1) is 18.2 Å². The number of carbonyl (C=O) groups excluding carboxylic acids is 3. The van der Waals surface area contributed by atoms with E-state index in [1.165, 1.54) is 0 Å². The molecule has 1 aromatic carbocycles. The van der Waals surface area contributed by atoms with Crippen LogP contribution in [0.25, 0.3) is 0 Å². The van der Waals surface area contributed by atoms with Gasteiger partial charge in [-0.2, -0.15) is 0 Å². The number of benzene rings is 1. The number of nitrogens with zero attached hydrogens (tertiary/aromatic N) is 3. The van der Waals surface area contributed by atoms with Crippen molar-refractivity contribution in [1.29, 1.82) is 0 Å². The van der Waals surface area contributed by atoms with E-state index in [1.807, 2.05) is 42.2 Å². The Hall–Kier alpha value is -2.87. The highest BCUT2D eigenvalue weighted by molar-refractivity contribution is 5.95. The lowest BCUT2D eigenvalue weighted by molar-refractivity contribution is -0.139. The molecule has 1 N–H and O–H groups in total. The number of hydrogen-bond donors (Lipinski definition) is 1. The highest BCUT2D eigenvalue weighted by atomic mass is 16.5. The first-order valence-corrected chi connectivity index (χ1v) is 12.6. The molecule has 34 heavy (non-hydrogen) atoms. The smallest absolute Gasteiger partial charge is 0.338 e. The fraction of sp³-hybridized carbons (Fsp3) is 0.577. The van der Waals surface area contributed by atoms with E-state index in [0.29, 0.717) is 56.4 Å². The molecule has 4 rings (SSSR count). The summed E-state index contributed by atoms with van der Waals surface area (Å²) >= 11 is 0. The second-order valence-electron chi connectivity index (χ2n) is 9.20. The van der Waals surface area contributed by atoms with Gasteiger partial charge in [-0.05, 0) is 32.3 Å². The van der Waals surface area contributed by atoms with Crippen LogP contribution in [0.1, 0.15) is 51.1 Å². The molecular formula is C26H36N4O4. The van der Waals surface area contributed by atoms with E-state index >= 15 is 0 Å². The average Bonchev–Trinajstić information content (AvgIpc) is 3.40. The Morgan fingerprint density at radius 2 is 1.71 bits per heavy atom. The molecule has 1 aliphatic carbocycles. The van der Waals surface area contributed by atoms with Gasteiger partial charge in [0.15, 0.2) is 0 Å². The standard InChI is InChI=1S/C26H36N4O4/c1-3-30-21(18-28-14-16-29(17-15-28)24(31)20-12-8-9-13-20)22(25(32)34-4-2)23(27-26(30)33)19-10-6-5-7-11-19/h5-7,10-11,20,23H,3-4,8-9,12-18H2,1-2H3,(H,27,33). The van der Waals surface area contributed by atoms with Crippen molar-refractivity contribution in [2.45, 2.75) is 45.6 Å². The Kier molecular flexibility index (Phi) is 7.88. The van der Waals surface area contributed by atoms with E-state index in [0.717, 1.165) is 31.2 Å². The van der Waals surface area contributed by atoms with Crippen LogP contribution in [0.15, 0.2) is 41.6 Å². The van der Waals surface area contributed by atoms with Crippen molar-refractivity contribution in [1.82, 2.24) is 20.0 Å². The van der Waals surface area contributed by atoms with Gasteiger partial charge in [0, 0.05) is 50.9 Å². The van der Waals surface area contributed by atoms with E-state index < -0.39 is 12.0 Å². The molecule has 8 heteroatoms. The molecule has 0 radical (unpaired) electrons. The average molecular weight is 469 g/mol. The van der Waals surface area contributed by atoms with Crippen LogP contribution < -0.4 is 5.32 Å². The molecule has 2 fully saturated rings. The molecule has 3 aliphatic rings. The number of likely N-dealkylation sites (N-methyl/N-ethyl adjacent to an activating group) is 1. The van der Waals surface area contributed by atoms with Crippen molar-refractivity contribution < 1.29 is 19.1 Å². The highest BCUT2D eigenvalue weighted by Gasteiger charge is 2.39. The second kappa shape index (κ2) is 11.0. The Balaban J connectivity index is 1.57. The Bertz CT molecular complexity index is 918. The highest BCUT2D eigenvalue weighted by Crippen LogP contribution is 2.32. The summed E-state index contributed by atoms with van der Waals surface area (Å²) in [4.78, 5) is 44.9. The van der Waals surface area contributed by atoms with Gasteiger partial charge in [-0.15, -0.1) is 0 Å². The summed E-state index contributed by atoms with van der Waals surface area (Å²) < 4.78 is 5.44. The Morgan fingerprint density at radius 1 is 1.03 bits per heavy atom. The number of rotatable bonds is 7. The van der Waals surface area contributed by atoms with Crippen molar-refractivity contribution in [2.75, 3.05) is 45.9 Å². The Labute approximate surface area is 201 Å². The van der Waals surface area contributed by atoms with Crippen molar-refractivity contribution >= 4 is 17.9 Å². The van der Waals surface area contributed by atoms with Gasteiger partial charge >= 0.3 is 12.0 Å². The zero-order chi connectivity index (χ0) is 24.1. The van der Waals surface area contributed by atoms with Crippen molar-refractivity contribution in [3.63, 3.8) is 0 Å². The summed E-state index contributed by atoms with van der Waals surface area (Å²) in [6.07, 6.45) is 4.32. The maximum absolute atomic E-state index is 13.2. The molecule has 1 atom stereocenters. The maximum Gasteiger partial charge on any atom is 0.338 e. The predicted molar refractivity (Wildman–Crippen MR) is 129 cm³/mol. The number of nitrogens with one attached hydrogen (secondary N) is 1. The van der Waals surface area contributed by atoms with Crippen LogP contribution in [0.3, 0.4) is 0 Å². The first kappa shape index (κ1) is 24.3. The fourth-order valence-corrected chi connectivity index (χ4v) is 5.32. The quantitative estimate of drug-likeness (QED) is 0.623. The molecule has 0 spiro atoms. The van der Waals surface area contributed by atoms with E-state index in [2.05, 4.69) is 10.2 Å². The third kappa shape index (κ3) is 5.12. The van der Waals surface area contributed by atoms with Crippen LogP contribution in [0.4, 0.5) is 4.79 Å². The normalized spacial score (nSPS) is 22.2. The minimum Gasteiger partial charge on any atom is -0.463 e. The fourth-order valence-electron chi connectivity index (χ4n) is 5.32. The SMILES string of the molecule is CCOC(=O)C1=C(CN2CCN(C(=O)C3CCCC3)CC2)N(CC)C(=O)NC1c1ccccc1. The summed E-state index contributed by atoms with van der Waals surface area (Å²) in [6, 6.07) is 8.76. The van der Waals surface area contributed by atoms with Crippen LogP contribution >= 0.6 is 0 Å². The molecule has 8 nitrogen and oxygen atoms in total. The molecule has 1 aromatic rings. The molecule has 2 aliphatic heterocycles. The van der Waals surface area contributed by atoms with Crippen LogP contribution in [0.2, 0.25) is 0 Å². The first-order chi connectivity index (χ1) is 16.5. The van der Waals surface area contributed by atoms with Crippen LogP contribution in [0, 0.1) is 5.92 Å². The molecule has 0 aromatic heterocycles. The van der Waals surface area contributed by atoms with E-state index in [-0.39, 0.29) is 18.6 Å². The molecular weight excluding hydrogens is 432 g/mol. The van der Waals surface area contributed by atoms with E-state index in [1.54, 1.807) is 11.8 Å².